The quantitative estimate of drug-likeness (QED) is 0.677. The highest BCUT2D eigenvalue weighted by molar-refractivity contribution is 5.63. The second-order valence-corrected chi connectivity index (χ2v) is 3.78. The maximum absolute atomic E-state index is 10.9. The van der Waals surface area contributed by atoms with Gasteiger partial charge in [0, 0.05) is 19.3 Å². The van der Waals surface area contributed by atoms with Gasteiger partial charge in [0.1, 0.15) is 28.9 Å². The van der Waals surface area contributed by atoms with Crippen molar-refractivity contribution in [3.8, 4) is 17.6 Å². The van der Waals surface area contributed by atoms with Crippen molar-refractivity contribution in [3.05, 3.63) is 52.3 Å². The van der Waals surface area contributed by atoms with Crippen LogP contribution in [0.4, 0.5) is 11.4 Å². The van der Waals surface area contributed by atoms with Crippen LogP contribution >= 0.6 is 0 Å². The van der Waals surface area contributed by atoms with Gasteiger partial charge in [-0.1, -0.05) is 0 Å². The number of ether oxygens (including phenoxy) is 1. The lowest BCUT2D eigenvalue weighted by atomic mass is 10.2. The summed E-state index contributed by atoms with van der Waals surface area (Å²) in [6.07, 6.45) is 1.43. The number of hydrogen-bond acceptors (Lipinski definition) is 6. The lowest BCUT2D eigenvalue weighted by Gasteiger charge is -2.07. The molecule has 2 rings (SSSR count). The Morgan fingerprint density at radius 2 is 2.10 bits per heavy atom. The minimum absolute atomic E-state index is 0.0837. The summed E-state index contributed by atoms with van der Waals surface area (Å²) in [5.41, 5.74) is 0.526. The van der Waals surface area contributed by atoms with Crippen LogP contribution in [0.15, 0.2) is 36.5 Å². The van der Waals surface area contributed by atoms with Gasteiger partial charge in [-0.3, -0.25) is 10.1 Å². The van der Waals surface area contributed by atoms with Gasteiger partial charge in [0.05, 0.1) is 11.0 Å². The average molecular weight is 270 g/mol. The largest absolute Gasteiger partial charge is 0.457 e. The molecule has 0 spiro atoms. The Bertz CT molecular complexity index is 694. The summed E-state index contributed by atoms with van der Waals surface area (Å²) in [4.78, 5) is 14.3. The number of nitrogens with one attached hydrogen (secondary N) is 1. The van der Waals surface area contributed by atoms with E-state index in [2.05, 4.69) is 10.3 Å². The number of nitrogens with zero attached hydrogens (tertiary/aromatic N) is 3. The molecule has 20 heavy (non-hydrogen) atoms. The third-order valence-corrected chi connectivity index (χ3v) is 2.52. The molecule has 0 atom stereocenters. The maximum Gasteiger partial charge on any atom is 0.296 e. The third kappa shape index (κ3) is 2.81. The Labute approximate surface area is 114 Å². The fourth-order valence-corrected chi connectivity index (χ4v) is 1.61. The molecule has 0 bridgehead atoms. The van der Waals surface area contributed by atoms with E-state index in [1.54, 1.807) is 25.2 Å². The molecule has 1 heterocycles. The van der Waals surface area contributed by atoms with Crippen LogP contribution in [0.2, 0.25) is 0 Å². The summed E-state index contributed by atoms with van der Waals surface area (Å²) < 4.78 is 5.49. The van der Waals surface area contributed by atoms with Gasteiger partial charge in [0.25, 0.3) is 5.69 Å². The van der Waals surface area contributed by atoms with Gasteiger partial charge in [-0.05, 0) is 18.2 Å². The average Bonchev–Trinajstić information content (AvgIpc) is 2.47. The summed E-state index contributed by atoms with van der Waals surface area (Å²) in [7, 11) is 1.60. The molecule has 0 unspecified atom stereocenters. The first-order valence-corrected chi connectivity index (χ1v) is 5.64. The van der Waals surface area contributed by atoms with E-state index in [1.165, 1.54) is 18.3 Å². The molecule has 1 aromatic carbocycles. The highest BCUT2D eigenvalue weighted by Gasteiger charge is 2.14. The zero-order chi connectivity index (χ0) is 14.5. The smallest absolute Gasteiger partial charge is 0.296 e. The molecule has 1 N–H and O–H groups in total. The minimum Gasteiger partial charge on any atom is -0.457 e. The van der Waals surface area contributed by atoms with E-state index in [0.29, 0.717) is 17.2 Å². The van der Waals surface area contributed by atoms with Gasteiger partial charge in [0.15, 0.2) is 0 Å². The maximum atomic E-state index is 10.9. The molecule has 0 radical (unpaired) electrons. The number of rotatable bonds is 4. The Balaban J connectivity index is 2.32. The van der Waals surface area contributed by atoms with E-state index in [1.807, 2.05) is 6.07 Å². The molecule has 7 heteroatoms. The number of nitro benzene ring substituents is 1. The Kier molecular flexibility index (Phi) is 3.77. The second kappa shape index (κ2) is 5.67. The van der Waals surface area contributed by atoms with Crippen LogP contribution in [0.1, 0.15) is 5.69 Å². The van der Waals surface area contributed by atoms with Crippen molar-refractivity contribution in [2.45, 2.75) is 0 Å². The molecular weight excluding hydrogens is 260 g/mol. The van der Waals surface area contributed by atoms with Crippen LogP contribution < -0.4 is 10.1 Å². The van der Waals surface area contributed by atoms with Crippen molar-refractivity contribution >= 4 is 11.4 Å². The molecule has 1 aromatic heterocycles. The molecule has 0 aliphatic carbocycles. The highest BCUT2D eigenvalue weighted by atomic mass is 16.6. The molecule has 7 nitrogen and oxygen atoms in total. The van der Waals surface area contributed by atoms with E-state index in [4.69, 9.17) is 10.00 Å². The van der Waals surface area contributed by atoms with Gasteiger partial charge in [-0.2, -0.15) is 5.26 Å². The Hall–Kier alpha value is -3.14. The molecular formula is C13H10N4O3. The van der Waals surface area contributed by atoms with Crippen molar-refractivity contribution < 1.29 is 9.66 Å². The first-order chi connectivity index (χ1) is 9.63. The van der Waals surface area contributed by atoms with Gasteiger partial charge in [-0.15, -0.1) is 0 Å². The SMILES string of the molecule is CNc1ccc(Oc2ccnc(C#N)c2)cc1[N+](=O)[O-]. The first-order valence-electron chi connectivity index (χ1n) is 5.64. The van der Waals surface area contributed by atoms with Crippen LogP contribution in [-0.4, -0.2) is 17.0 Å². The highest BCUT2D eigenvalue weighted by Crippen LogP contribution is 2.31. The van der Waals surface area contributed by atoms with E-state index >= 15 is 0 Å². The minimum atomic E-state index is -0.494. The molecule has 100 valence electrons. The summed E-state index contributed by atoms with van der Waals surface area (Å²) >= 11 is 0. The van der Waals surface area contributed by atoms with Gasteiger partial charge in [0.2, 0.25) is 0 Å². The van der Waals surface area contributed by atoms with E-state index in [0.717, 1.165) is 0 Å². The summed E-state index contributed by atoms with van der Waals surface area (Å²) in [6.45, 7) is 0. The fraction of sp³-hybridized carbons (Fsp3) is 0.0769. The number of anilines is 1. The topological polar surface area (TPSA) is 101 Å². The van der Waals surface area contributed by atoms with E-state index < -0.39 is 4.92 Å². The summed E-state index contributed by atoms with van der Waals surface area (Å²) in [6, 6.07) is 9.39. The Morgan fingerprint density at radius 1 is 1.35 bits per heavy atom. The Morgan fingerprint density at radius 3 is 2.75 bits per heavy atom. The lowest BCUT2D eigenvalue weighted by Crippen LogP contribution is -1.97. The number of aromatic nitrogens is 1. The molecule has 2 aromatic rings. The van der Waals surface area contributed by atoms with Crippen molar-refractivity contribution in [3.63, 3.8) is 0 Å². The van der Waals surface area contributed by atoms with Gasteiger partial charge in [-0.25, -0.2) is 4.98 Å². The normalized spacial score (nSPS) is 9.60. The molecule has 0 saturated carbocycles. The summed E-state index contributed by atoms with van der Waals surface area (Å²) in [5, 5.41) is 22.4. The molecule has 0 aliphatic rings. The van der Waals surface area contributed by atoms with Crippen molar-refractivity contribution in [1.29, 1.82) is 5.26 Å². The lowest BCUT2D eigenvalue weighted by molar-refractivity contribution is -0.384. The van der Waals surface area contributed by atoms with Crippen molar-refractivity contribution in [1.82, 2.24) is 4.98 Å². The number of nitriles is 1. The van der Waals surface area contributed by atoms with Gasteiger partial charge >= 0.3 is 0 Å². The fourth-order valence-electron chi connectivity index (χ4n) is 1.61. The van der Waals surface area contributed by atoms with Crippen LogP contribution in [0.25, 0.3) is 0 Å². The third-order valence-electron chi connectivity index (χ3n) is 2.52. The van der Waals surface area contributed by atoms with Crippen molar-refractivity contribution in [2.24, 2.45) is 0 Å². The monoisotopic (exact) mass is 270 g/mol. The molecule has 0 fully saturated rings. The predicted octanol–water partition coefficient (Wildman–Crippen LogP) is 2.70. The molecule has 0 saturated heterocycles. The van der Waals surface area contributed by atoms with Crippen LogP contribution in [0.3, 0.4) is 0 Å². The molecule has 0 amide bonds. The predicted molar refractivity (Wildman–Crippen MR) is 71.7 cm³/mol. The number of benzene rings is 1. The number of nitro groups is 1. The standard InChI is InChI=1S/C13H10N4O3/c1-15-12-3-2-10(7-13(12)17(18)19)20-11-4-5-16-9(6-11)8-14/h2-7,15H,1H3. The van der Waals surface area contributed by atoms with Crippen LogP contribution in [0, 0.1) is 21.4 Å². The number of pyridine rings is 1. The van der Waals surface area contributed by atoms with Gasteiger partial charge < -0.3 is 10.1 Å². The number of hydrogen-bond donors (Lipinski definition) is 1. The zero-order valence-corrected chi connectivity index (χ0v) is 10.5. The first kappa shape index (κ1) is 13.3. The summed E-state index contributed by atoms with van der Waals surface area (Å²) in [5.74, 6) is 0.703. The van der Waals surface area contributed by atoms with E-state index in [-0.39, 0.29) is 11.4 Å². The molecule has 0 aliphatic heterocycles. The second-order valence-electron chi connectivity index (χ2n) is 3.78. The van der Waals surface area contributed by atoms with E-state index in [9.17, 15) is 10.1 Å². The van der Waals surface area contributed by atoms with Crippen molar-refractivity contribution in [2.75, 3.05) is 12.4 Å². The zero-order valence-electron chi connectivity index (χ0n) is 10.5. The van der Waals surface area contributed by atoms with Crippen LogP contribution in [0.5, 0.6) is 11.5 Å². The van der Waals surface area contributed by atoms with Crippen LogP contribution in [-0.2, 0) is 0 Å².